The molecule has 2 unspecified atom stereocenters. The smallest absolute Gasteiger partial charge is 0.326 e. The van der Waals surface area contributed by atoms with Gasteiger partial charge < -0.3 is 15.2 Å². The van der Waals surface area contributed by atoms with Crippen molar-refractivity contribution in [3.63, 3.8) is 0 Å². The van der Waals surface area contributed by atoms with E-state index in [4.69, 9.17) is 16.3 Å². The molecule has 0 fully saturated rings. The molecule has 1 aromatic carbocycles. The SMILES string of the molecule is CCC(C)C(NC(=O)c1ccc(Cl)cc1OC)C(=O)O. The molecule has 1 rings (SSSR count). The monoisotopic (exact) mass is 299 g/mol. The van der Waals surface area contributed by atoms with Crippen molar-refractivity contribution in [2.75, 3.05) is 7.11 Å². The van der Waals surface area contributed by atoms with E-state index >= 15 is 0 Å². The highest BCUT2D eigenvalue weighted by atomic mass is 35.5. The van der Waals surface area contributed by atoms with Crippen molar-refractivity contribution in [2.24, 2.45) is 5.92 Å². The van der Waals surface area contributed by atoms with Crippen molar-refractivity contribution >= 4 is 23.5 Å². The minimum Gasteiger partial charge on any atom is -0.496 e. The summed E-state index contributed by atoms with van der Waals surface area (Å²) in [6.45, 7) is 3.65. The topological polar surface area (TPSA) is 75.6 Å². The molecule has 0 aliphatic carbocycles. The third-order valence-corrected chi connectivity index (χ3v) is 3.41. The molecule has 0 aliphatic rings. The molecule has 0 spiro atoms. The number of hydrogen-bond acceptors (Lipinski definition) is 3. The van der Waals surface area contributed by atoms with Gasteiger partial charge in [-0.3, -0.25) is 4.79 Å². The van der Waals surface area contributed by atoms with Crippen LogP contribution in [0.1, 0.15) is 30.6 Å². The normalized spacial score (nSPS) is 13.4. The van der Waals surface area contributed by atoms with Crippen LogP contribution in [0.5, 0.6) is 5.75 Å². The predicted molar refractivity (Wildman–Crippen MR) is 76.3 cm³/mol. The molecule has 0 saturated carbocycles. The van der Waals surface area contributed by atoms with Crippen LogP contribution in [0.25, 0.3) is 0 Å². The first-order valence-corrected chi connectivity index (χ1v) is 6.65. The van der Waals surface area contributed by atoms with Gasteiger partial charge in [-0.15, -0.1) is 0 Å². The number of benzene rings is 1. The molecule has 0 bridgehead atoms. The first-order chi connectivity index (χ1) is 9.40. The van der Waals surface area contributed by atoms with Crippen LogP contribution >= 0.6 is 11.6 Å². The largest absolute Gasteiger partial charge is 0.496 e. The molecule has 1 amide bonds. The molecular formula is C14H18ClNO4. The number of carbonyl (C=O) groups is 2. The van der Waals surface area contributed by atoms with Gasteiger partial charge >= 0.3 is 5.97 Å². The lowest BCUT2D eigenvalue weighted by Gasteiger charge is -2.20. The van der Waals surface area contributed by atoms with E-state index in [1.807, 2.05) is 6.92 Å². The quantitative estimate of drug-likeness (QED) is 0.846. The maximum Gasteiger partial charge on any atom is 0.326 e. The number of carboxylic acid groups (broad SMARTS) is 1. The minimum atomic E-state index is -1.05. The van der Waals surface area contributed by atoms with E-state index in [0.717, 1.165) is 0 Å². The first kappa shape index (κ1) is 16.3. The number of carboxylic acids is 1. The van der Waals surface area contributed by atoms with Gasteiger partial charge in [0.2, 0.25) is 0 Å². The van der Waals surface area contributed by atoms with Crippen molar-refractivity contribution < 1.29 is 19.4 Å². The lowest BCUT2D eigenvalue weighted by atomic mass is 9.99. The van der Waals surface area contributed by atoms with Crippen LogP contribution in [0, 0.1) is 5.92 Å². The van der Waals surface area contributed by atoms with Crippen LogP contribution in [0.3, 0.4) is 0 Å². The summed E-state index contributed by atoms with van der Waals surface area (Å²) in [6, 6.07) is 3.63. The maximum absolute atomic E-state index is 12.2. The standard InChI is InChI=1S/C14H18ClNO4/c1-4-8(2)12(14(18)19)16-13(17)10-6-5-9(15)7-11(10)20-3/h5-8,12H,4H2,1-3H3,(H,16,17)(H,18,19). The minimum absolute atomic E-state index is 0.172. The molecule has 0 radical (unpaired) electrons. The zero-order valence-electron chi connectivity index (χ0n) is 11.6. The van der Waals surface area contributed by atoms with E-state index in [1.165, 1.54) is 19.2 Å². The summed E-state index contributed by atoms with van der Waals surface area (Å²) in [5.41, 5.74) is 0.256. The molecule has 0 heterocycles. The van der Waals surface area contributed by atoms with Crippen LogP contribution in [-0.4, -0.2) is 30.1 Å². The first-order valence-electron chi connectivity index (χ1n) is 6.27. The van der Waals surface area contributed by atoms with Gasteiger partial charge in [-0.1, -0.05) is 31.9 Å². The molecule has 2 N–H and O–H groups in total. The molecular weight excluding hydrogens is 282 g/mol. The van der Waals surface area contributed by atoms with Gasteiger partial charge in [0.05, 0.1) is 12.7 Å². The van der Waals surface area contributed by atoms with E-state index in [-0.39, 0.29) is 11.5 Å². The van der Waals surface area contributed by atoms with E-state index in [9.17, 15) is 14.7 Å². The Bertz CT molecular complexity index is 504. The zero-order valence-corrected chi connectivity index (χ0v) is 12.4. The van der Waals surface area contributed by atoms with Crippen LogP contribution in [0.2, 0.25) is 5.02 Å². The number of amides is 1. The second-order valence-corrected chi connectivity index (χ2v) is 4.96. The second kappa shape index (κ2) is 7.14. The molecule has 20 heavy (non-hydrogen) atoms. The molecule has 2 atom stereocenters. The lowest BCUT2D eigenvalue weighted by molar-refractivity contribution is -0.140. The maximum atomic E-state index is 12.2. The Balaban J connectivity index is 2.97. The van der Waals surface area contributed by atoms with Crippen molar-refractivity contribution in [1.82, 2.24) is 5.32 Å². The molecule has 1 aromatic rings. The van der Waals surface area contributed by atoms with Gasteiger partial charge in [-0.05, 0) is 24.1 Å². The number of ether oxygens (including phenoxy) is 1. The number of hydrogen-bond donors (Lipinski definition) is 2. The summed E-state index contributed by atoms with van der Waals surface area (Å²) >= 11 is 5.82. The fraction of sp³-hybridized carbons (Fsp3) is 0.429. The molecule has 5 nitrogen and oxygen atoms in total. The number of methoxy groups -OCH3 is 1. The average molecular weight is 300 g/mol. The van der Waals surface area contributed by atoms with E-state index in [1.54, 1.807) is 13.0 Å². The van der Waals surface area contributed by atoms with Crippen molar-refractivity contribution in [3.05, 3.63) is 28.8 Å². The van der Waals surface area contributed by atoms with Crippen LogP contribution in [0.15, 0.2) is 18.2 Å². The van der Waals surface area contributed by atoms with Gasteiger partial charge in [-0.2, -0.15) is 0 Å². The second-order valence-electron chi connectivity index (χ2n) is 4.52. The number of carbonyl (C=O) groups excluding carboxylic acids is 1. The van der Waals surface area contributed by atoms with Crippen LogP contribution in [-0.2, 0) is 4.79 Å². The predicted octanol–water partition coefficient (Wildman–Crippen LogP) is 2.58. The Hall–Kier alpha value is -1.75. The number of halogens is 1. The fourth-order valence-corrected chi connectivity index (χ4v) is 1.92. The third-order valence-electron chi connectivity index (χ3n) is 3.17. The Labute approximate surface area is 122 Å². The highest BCUT2D eigenvalue weighted by Gasteiger charge is 2.26. The van der Waals surface area contributed by atoms with Gasteiger partial charge in [-0.25, -0.2) is 4.79 Å². The molecule has 6 heteroatoms. The Morgan fingerprint density at radius 2 is 2.10 bits per heavy atom. The van der Waals surface area contributed by atoms with Gasteiger partial charge in [0.1, 0.15) is 11.8 Å². The highest BCUT2D eigenvalue weighted by Crippen LogP contribution is 2.23. The molecule has 0 aliphatic heterocycles. The van der Waals surface area contributed by atoms with Gasteiger partial charge in [0.15, 0.2) is 0 Å². The van der Waals surface area contributed by atoms with Crippen molar-refractivity contribution in [2.45, 2.75) is 26.3 Å². The summed E-state index contributed by atoms with van der Waals surface area (Å²) in [7, 11) is 1.42. The van der Waals surface area contributed by atoms with Gasteiger partial charge in [0, 0.05) is 5.02 Å². The Morgan fingerprint density at radius 3 is 2.60 bits per heavy atom. The third kappa shape index (κ3) is 3.87. The van der Waals surface area contributed by atoms with Crippen LogP contribution in [0.4, 0.5) is 0 Å². The number of nitrogens with one attached hydrogen (secondary N) is 1. The Kier molecular flexibility index (Phi) is 5.82. The Morgan fingerprint density at radius 1 is 1.45 bits per heavy atom. The highest BCUT2D eigenvalue weighted by molar-refractivity contribution is 6.30. The van der Waals surface area contributed by atoms with Gasteiger partial charge in [0.25, 0.3) is 5.91 Å². The van der Waals surface area contributed by atoms with E-state index in [2.05, 4.69) is 5.32 Å². The lowest BCUT2D eigenvalue weighted by Crippen LogP contribution is -2.45. The summed E-state index contributed by atoms with van der Waals surface area (Å²) < 4.78 is 5.08. The summed E-state index contributed by atoms with van der Waals surface area (Å²) in [5.74, 6) is -1.41. The molecule has 0 saturated heterocycles. The average Bonchev–Trinajstić information content (AvgIpc) is 2.42. The molecule has 110 valence electrons. The van der Waals surface area contributed by atoms with E-state index in [0.29, 0.717) is 17.2 Å². The number of aliphatic carboxylic acids is 1. The number of rotatable bonds is 6. The fourth-order valence-electron chi connectivity index (χ4n) is 1.75. The van der Waals surface area contributed by atoms with Crippen LogP contribution < -0.4 is 10.1 Å². The summed E-state index contributed by atoms with van der Waals surface area (Å²) in [6.07, 6.45) is 0.648. The zero-order chi connectivity index (χ0) is 15.3. The van der Waals surface area contributed by atoms with Crippen molar-refractivity contribution in [3.8, 4) is 5.75 Å². The summed E-state index contributed by atoms with van der Waals surface area (Å²) in [5, 5.41) is 12.1. The summed E-state index contributed by atoms with van der Waals surface area (Å²) in [4.78, 5) is 23.4. The van der Waals surface area contributed by atoms with E-state index < -0.39 is 17.9 Å². The van der Waals surface area contributed by atoms with Crippen molar-refractivity contribution in [1.29, 1.82) is 0 Å². The molecule has 0 aromatic heterocycles.